The molecule has 0 aliphatic carbocycles. The smallest absolute Gasteiger partial charge is 0.225 e. The number of morpholine rings is 2. The fourth-order valence-electron chi connectivity index (χ4n) is 4.82. The second kappa shape index (κ2) is 11.4. The molecule has 3 heterocycles. The van der Waals surface area contributed by atoms with Crippen LogP contribution in [0.15, 0.2) is 24.3 Å². The van der Waals surface area contributed by atoms with Crippen molar-refractivity contribution < 1.29 is 28.2 Å². The largest absolute Gasteiger partial charge is 0.490 e. The van der Waals surface area contributed by atoms with Crippen LogP contribution in [0, 0.1) is 19.7 Å². The van der Waals surface area contributed by atoms with Crippen molar-refractivity contribution in [3.63, 3.8) is 0 Å². The normalized spacial score (nSPS) is 20.4. The summed E-state index contributed by atoms with van der Waals surface area (Å²) in [5, 5.41) is 4.44. The molecule has 1 aromatic carbocycles. The van der Waals surface area contributed by atoms with Gasteiger partial charge in [-0.25, -0.2) is 4.39 Å². The number of hydrogen-bond donors (Lipinski definition) is 0. The van der Waals surface area contributed by atoms with Gasteiger partial charge in [-0.3, -0.25) is 14.3 Å². The zero-order valence-corrected chi connectivity index (χ0v) is 21.3. The van der Waals surface area contributed by atoms with Gasteiger partial charge in [-0.2, -0.15) is 5.10 Å². The van der Waals surface area contributed by atoms with E-state index in [0.29, 0.717) is 58.0 Å². The number of hydrogen-bond acceptors (Lipinski definition) is 6. The zero-order chi connectivity index (χ0) is 25.7. The number of carbonyl (C=O) groups excluding carboxylic acids is 2. The maximum atomic E-state index is 13.3. The number of aromatic nitrogens is 2. The SMILES string of the molecule is Cc1nn(C)c(C)c1CCC(=O)N1CCO[C@](COc2ccc(F)cc2)(CC(=O)N2CCOCC2)C1. The van der Waals surface area contributed by atoms with Gasteiger partial charge >= 0.3 is 0 Å². The summed E-state index contributed by atoms with van der Waals surface area (Å²) in [5.41, 5.74) is 2.08. The minimum absolute atomic E-state index is 0.00549. The van der Waals surface area contributed by atoms with Crippen LogP contribution in [0.1, 0.15) is 29.8 Å². The van der Waals surface area contributed by atoms with E-state index in [1.807, 2.05) is 25.6 Å². The molecule has 0 N–H and O–H groups in total. The standard InChI is InChI=1S/C26H35FN4O5/c1-19-23(20(2)29(3)28-19)8-9-24(32)31-12-15-36-26(17-31,16-25(33)30-10-13-34-14-11-30)18-35-22-6-4-21(27)5-7-22/h4-7H,8-18H2,1-3H3/t26-/m1/s1. The minimum atomic E-state index is -1.00. The lowest BCUT2D eigenvalue weighted by atomic mass is 9.96. The van der Waals surface area contributed by atoms with Gasteiger partial charge in [0.2, 0.25) is 11.8 Å². The molecule has 4 rings (SSSR count). The van der Waals surface area contributed by atoms with Crippen LogP contribution in [-0.2, 0) is 32.5 Å². The fraction of sp³-hybridized carbons (Fsp3) is 0.577. The van der Waals surface area contributed by atoms with E-state index in [0.717, 1.165) is 17.0 Å². The van der Waals surface area contributed by atoms with Gasteiger partial charge in [0.25, 0.3) is 0 Å². The molecule has 0 radical (unpaired) electrons. The maximum Gasteiger partial charge on any atom is 0.225 e. The van der Waals surface area contributed by atoms with Crippen LogP contribution in [0.25, 0.3) is 0 Å². The molecule has 9 nitrogen and oxygen atoms in total. The minimum Gasteiger partial charge on any atom is -0.490 e. The Bertz CT molecular complexity index is 1070. The van der Waals surface area contributed by atoms with E-state index in [4.69, 9.17) is 14.2 Å². The summed E-state index contributed by atoms with van der Waals surface area (Å²) in [6, 6.07) is 5.72. The molecule has 0 spiro atoms. The topological polar surface area (TPSA) is 86.1 Å². The molecule has 1 aromatic heterocycles. The summed E-state index contributed by atoms with van der Waals surface area (Å²) in [5.74, 6) is 0.0661. The highest BCUT2D eigenvalue weighted by molar-refractivity contribution is 5.79. The first kappa shape index (κ1) is 26.1. The number of halogens is 1. The third-order valence-electron chi connectivity index (χ3n) is 7.00. The molecule has 2 aliphatic heterocycles. The molecule has 0 saturated carbocycles. The van der Waals surface area contributed by atoms with Crippen molar-refractivity contribution in [1.82, 2.24) is 19.6 Å². The number of amides is 2. The molecule has 0 bridgehead atoms. The van der Waals surface area contributed by atoms with E-state index < -0.39 is 5.60 Å². The molecule has 1 atom stereocenters. The van der Waals surface area contributed by atoms with Crippen molar-refractivity contribution in [2.24, 2.45) is 7.05 Å². The van der Waals surface area contributed by atoms with E-state index in [9.17, 15) is 14.0 Å². The van der Waals surface area contributed by atoms with E-state index in [1.54, 1.807) is 9.80 Å². The number of carbonyl (C=O) groups is 2. The highest BCUT2D eigenvalue weighted by Crippen LogP contribution is 2.27. The lowest BCUT2D eigenvalue weighted by Gasteiger charge is -2.43. The maximum absolute atomic E-state index is 13.3. The van der Waals surface area contributed by atoms with E-state index in [-0.39, 0.29) is 37.2 Å². The van der Waals surface area contributed by atoms with Gasteiger partial charge in [0.15, 0.2) is 0 Å². The van der Waals surface area contributed by atoms with E-state index >= 15 is 0 Å². The molecule has 196 valence electrons. The predicted molar refractivity (Wildman–Crippen MR) is 130 cm³/mol. The summed E-state index contributed by atoms with van der Waals surface area (Å²) in [4.78, 5) is 29.9. The van der Waals surface area contributed by atoms with Gasteiger partial charge in [-0.1, -0.05) is 0 Å². The number of ether oxygens (including phenoxy) is 3. The Balaban J connectivity index is 1.46. The van der Waals surface area contributed by atoms with Crippen LogP contribution in [0.2, 0.25) is 0 Å². The highest BCUT2D eigenvalue weighted by atomic mass is 19.1. The Morgan fingerprint density at radius 3 is 2.42 bits per heavy atom. The summed E-state index contributed by atoms with van der Waals surface area (Å²) in [6.45, 7) is 7.09. The first-order valence-corrected chi connectivity index (χ1v) is 12.4. The van der Waals surface area contributed by atoms with Gasteiger partial charge in [-0.15, -0.1) is 0 Å². The summed E-state index contributed by atoms with van der Waals surface area (Å²) in [7, 11) is 1.90. The van der Waals surface area contributed by atoms with Gasteiger partial charge in [-0.05, 0) is 50.1 Å². The molecule has 2 fully saturated rings. The van der Waals surface area contributed by atoms with Crippen LogP contribution in [0.5, 0.6) is 5.75 Å². The fourth-order valence-corrected chi connectivity index (χ4v) is 4.82. The second-order valence-electron chi connectivity index (χ2n) is 9.53. The van der Waals surface area contributed by atoms with E-state index in [1.165, 1.54) is 24.3 Å². The average Bonchev–Trinajstić information content (AvgIpc) is 3.13. The summed E-state index contributed by atoms with van der Waals surface area (Å²) >= 11 is 0. The molecular weight excluding hydrogens is 467 g/mol. The Morgan fingerprint density at radius 1 is 1.06 bits per heavy atom. The quantitative estimate of drug-likeness (QED) is 0.549. The lowest BCUT2D eigenvalue weighted by Crippen LogP contribution is -2.58. The predicted octanol–water partition coefficient (Wildman–Crippen LogP) is 2.03. The second-order valence-corrected chi connectivity index (χ2v) is 9.53. The van der Waals surface area contributed by atoms with Gasteiger partial charge in [0.1, 0.15) is 23.8 Å². The zero-order valence-electron chi connectivity index (χ0n) is 21.3. The van der Waals surface area contributed by atoms with Gasteiger partial charge in [0, 0.05) is 38.8 Å². The van der Waals surface area contributed by atoms with Crippen molar-refractivity contribution in [3.05, 3.63) is 47.0 Å². The molecule has 2 aromatic rings. The van der Waals surface area contributed by atoms with Crippen LogP contribution in [-0.4, -0.2) is 89.6 Å². The van der Waals surface area contributed by atoms with Crippen LogP contribution < -0.4 is 4.74 Å². The average molecular weight is 503 g/mol. The van der Waals surface area contributed by atoms with Crippen LogP contribution in [0.3, 0.4) is 0 Å². The van der Waals surface area contributed by atoms with Gasteiger partial charge in [0.05, 0.1) is 38.5 Å². The molecule has 10 heteroatoms. The third-order valence-corrected chi connectivity index (χ3v) is 7.00. The molecule has 2 saturated heterocycles. The molecular formula is C26H35FN4O5. The molecule has 2 aliphatic rings. The Kier molecular flexibility index (Phi) is 8.25. The Hall–Kier alpha value is -2.98. The van der Waals surface area contributed by atoms with Crippen LogP contribution in [0.4, 0.5) is 4.39 Å². The first-order valence-electron chi connectivity index (χ1n) is 12.4. The van der Waals surface area contributed by atoms with Crippen molar-refractivity contribution in [2.45, 2.75) is 38.7 Å². The number of nitrogens with zero attached hydrogens (tertiary/aromatic N) is 4. The summed E-state index contributed by atoms with van der Waals surface area (Å²) in [6.07, 6.45) is 1.03. The monoisotopic (exact) mass is 502 g/mol. The molecule has 36 heavy (non-hydrogen) atoms. The van der Waals surface area contributed by atoms with Crippen molar-refractivity contribution in [2.75, 3.05) is 52.6 Å². The highest BCUT2D eigenvalue weighted by Gasteiger charge is 2.42. The Labute approximate surface area is 211 Å². The first-order chi connectivity index (χ1) is 17.3. The number of aryl methyl sites for hydroxylation is 2. The third kappa shape index (κ3) is 6.22. The van der Waals surface area contributed by atoms with Crippen molar-refractivity contribution in [3.8, 4) is 5.75 Å². The van der Waals surface area contributed by atoms with E-state index in [2.05, 4.69) is 5.10 Å². The molecule has 2 amide bonds. The van der Waals surface area contributed by atoms with Crippen molar-refractivity contribution in [1.29, 1.82) is 0 Å². The number of benzene rings is 1. The van der Waals surface area contributed by atoms with Crippen LogP contribution >= 0.6 is 0 Å². The van der Waals surface area contributed by atoms with Crippen molar-refractivity contribution >= 4 is 11.8 Å². The molecule has 0 unspecified atom stereocenters. The number of rotatable bonds is 8. The van der Waals surface area contributed by atoms with Gasteiger partial charge < -0.3 is 24.0 Å². The Morgan fingerprint density at radius 2 is 1.75 bits per heavy atom. The lowest BCUT2D eigenvalue weighted by molar-refractivity contribution is -0.167. The summed E-state index contributed by atoms with van der Waals surface area (Å²) < 4.78 is 32.7.